The van der Waals surface area contributed by atoms with Crippen molar-refractivity contribution in [2.24, 2.45) is 0 Å². The molecule has 0 aliphatic heterocycles. The molecule has 9 heteroatoms. The van der Waals surface area contributed by atoms with Crippen molar-refractivity contribution in [3.05, 3.63) is 34.0 Å². The lowest BCUT2D eigenvalue weighted by atomic mass is 9.95. The number of carboxylic acid groups (broad SMARTS) is 1. The van der Waals surface area contributed by atoms with E-state index in [9.17, 15) is 14.4 Å². The normalized spacial score (nSPS) is 13.1. The molecule has 26 heavy (non-hydrogen) atoms. The lowest BCUT2D eigenvalue weighted by Crippen LogP contribution is -2.14. The van der Waals surface area contributed by atoms with Gasteiger partial charge in [-0.15, -0.1) is 11.3 Å². The molecule has 0 saturated heterocycles. The zero-order valence-electron chi connectivity index (χ0n) is 14.3. The van der Waals surface area contributed by atoms with Gasteiger partial charge in [0.25, 0.3) is 5.91 Å². The minimum absolute atomic E-state index is 0.0765. The number of aryl methyl sites for hydroxylation is 2. The highest BCUT2D eigenvalue weighted by Crippen LogP contribution is 2.38. The zero-order valence-corrected chi connectivity index (χ0v) is 15.1. The summed E-state index contributed by atoms with van der Waals surface area (Å²) >= 11 is 1.41. The first-order valence-corrected chi connectivity index (χ1v) is 9.09. The van der Waals surface area contributed by atoms with Crippen LogP contribution in [0.25, 0.3) is 0 Å². The Hall–Kier alpha value is -2.68. The van der Waals surface area contributed by atoms with Crippen LogP contribution < -0.4 is 5.32 Å². The van der Waals surface area contributed by atoms with Gasteiger partial charge in [-0.2, -0.15) is 5.10 Å². The molecule has 138 valence electrons. The van der Waals surface area contributed by atoms with Crippen molar-refractivity contribution in [3.8, 4) is 0 Å². The van der Waals surface area contributed by atoms with Crippen molar-refractivity contribution < 1.29 is 24.2 Å². The Labute approximate surface area is 153 Å². The van der Waals surface area contributed by atoms with Gasteiger partial charge < -0.3 is 15.2 Å². The van der Waals surface area contributed by atoms with Gasteiger partial charge in [-0.1, -0.05) is 0 Å². The van der Waals surface area contributed by atoms with Crippen LogP contribution in [0.2, 0.25) is 0 Å². The van der Waals surface area contributed by atoms with Crippen LogP contribution in [0, 0.1) is 0 Å². The minimum atomic E-state index is -0.932. The Bertz CT molecular complexity index is 855. The van der Waals surface area contributed by atoms with Gasteiger partial charge in [0, 0.05) is 11.1 Å². The predicted molar refractivity (Wildman–Crippen MR) is 94.7 cm³/mol. The van der Waals surface area contributed by atoms with E-state index in [-0.39, 0.29) is 13.0 Å². The third-order valence-corrected chi connectivity index (χ3v) is 5.45. The van der Waals surface area contributed by atoms with E-state index >= 15 is 0 Å². The number of carbonyl (C=O) groups is 3. The number of esters is 1. The molecule has 3 rings (SSSR count). The highest BCUT2D eigenvalue weighted by Gasteiger charge is 2.27. The number of amides is 1. The van der Waals surface area contributed by atoms with E-state index in [1.165, 1.54) is 35.5 Å². The molecule has 2 heterocycles. The van der Waals surface area contributed by atoms with Crippen LogP contribution in [0.15, 0.2) is 12.4 Å². The van der Waals surface area contributed by atoms with E-state index in [4.69, 9.17) is 9.84 Å². The number of aliphatic carboxylic acids is 1. The van der Waals surface area contributed by atoms with Crippen molar-refractivity contribution in [2.45, 2.75) is 38.6 Å². The number of rotatable bonds is 6. The summed E-state index contributed by atoms with van der Waals surface area (Å²) in [5.74, 6) is -1.77. The summed E-state index contributed by atoms with van der Waals surface area (Å²) in [5.41, 5.74) is 1.72. The molecule has 2 N–H and O–H groups in total. The van der Waals surface area contributed by atoms with E-state index in [2.05, 4.69) is 10.4 Å². The second-order valence-corrected chi connectivity index (χ2v) is 7.10. The third-order valence-electron chi connectivity index (χ3n) is 4.24. The number of ether oxygens (including phenoxy) is 1. The number of fused-ring (bicyclic) bond motifs is 1. The number of methoxy groups -OCH3 is 1. The zero-order chi connectivity index (χ0) is 18.7. The molecule has 0 bridgehead atoms. The van der Waals surface area contributed by atoms with Crippen LogP contribution in [-0.4, -0.2) is 39.8 Å². The Balaban J connectivity index is 1.80. The van der Waals surface area contributed by atoms with Gasteiger partial charge in [-0.25, -0.2) is 4.79 Å². The SMILES string of the molecule is COC(=O)c1c(NC(=O)c2cnn(CCC(=O)O)c2)sc2c1CCCC2. The van der Waals surface area contributed by atoms with Gasteiger partial charge in [-0.05, 0) is 31.2 Å². The minimum Gasteiger partial charge on any atom is -0.481 e. The van der Waals surface area contributed by atoms with E-state index in [1.54, 1.807) is 0 Å². The molecule has 8 nitrogen and oxygen atoms in total. The monoisotopic (exact) mass is 377 g/mol. The maximum absolute atomic E-state index is 12.5. The van der Waals surface area contributed by atoms with Crippen molar-refractivity contribution in [1.29, 1.82) is 0 Å². The Morgan fingerprint density at radius 1 is 1.35 bits per heavy atom. The average Bonchev–Trinajstić information content (AvgIpc) is 3.23. The van der Waals surface area contributed by atoms with Gasteiger partial charge in [0.05, 0.1) is 37.4 Å². The van der Waals surface area contributed by atoms with Crippen molar-refractivity contribution in [1.82, 2.24) is 9.78 Å². The number of carbonyl (C=O) groups excluding carboxylic acids is 2. The van der Waals surface area contributed by atoms with Gasteiger partial charge in [-0.3, -0.25) is 14.3 Å². The number of nitrogens with one attached hydrogen (secondary N) is 1. The maximum atomic E-state index is 12.5. The number of hydrogen-bond acceptors (Lipinski definition) is 6. The van der Waals surface area contributed by atoms with Crippen molar-refractivity contribution in [2.75, 3.05) is 12.4 Å². The standard InChI is InChI=1S/C17H19N3O5S/c1-25-17(24)14-11-4-2-3-5-12(11)26-16(14)19-15(23)10-8-18-20(9-10)7-6-13(21)22/h8-9H,2-7H2,1H3,(H,19,23)(H,21,22). The second kappa shape index (κ2) is 7.69. The summed E-state index contributed by atoms with van der Waals surface area (Å²) < 4.78 is 6.30. The van der Waals surface area contributed by atoms with Gasteiger partial charge in [0.15, 0.2) is 0 Å². The quantitative estimate of drug-likeness (QED) is 0.748. The van der Waals surface area contributed by atoms with E-state index < -0.39 is 17.8 Å². The van der Waals surface area contributed by atoms with Crippen LogP contribution in [-0.2, 0) is 28.9 Å². The van der Waals surface area contributed by atoms with E-state index in [1.807, 2.05) is 0 Å². The number of anilines is 1. The summed E-state index contributed by atoms with van der Waals surface area (Å²) in [5, 5.41) is 16.0. The maximum Gasteiger partial charge on any atom is 0.341 e. The van der Waals surface area contributed by atoms with Crippen molar-refractivity contribution in [3.63, 3.8) is 0 Å². The van der Waals surface area contributed by atoms with Gasteiger partial charge in [0.1, 0.15) is 5.00 Å². The average molecular weight is 377 g/mol. The molecule has 0 spiro atoms. The molecule has 0 atom stereocenters. The highest BCUT2D eigenvalue weighted by molar-refractivity contribution is 7.17. The topological polar surface area (TPSA) is 111 Å². The molecule has 0 radical (unpaired) electrons. The molecular formula is C17H19N3O5S. The first-order valence-electron chi connectivity index (χ1n) is 8.28. The molecule has 0 aromatic carbocycles. The van der Waals surface area contributed by atoms with E-state index in [0.717, 1.165) is 36.1 Å². The fourth-order valence-corrected chi connectivity index (χ4v) is 4.23. The molecule has 1 aliphatic carbocycles. The number of hydrogen-bond donors (Lipinski definition) is 2. The molecular weight excluding hydrogens is 358 g/mol. The van der Waals surface area contributed by atoms with Crippen molar-refractivity contribution >= 4 is 34.2 Å². The number of nitrogens with zero attached hydrogens (tertiary/aromatic N) is 2. The summed E-state index contributed by atoms with van der Waals surface area (Å²) in [6.45, 7) is 0.184. The highest BCUT2D eigenvalue weighted by atomic mass is 32.1. The molecule has 2 aromatic heterocycles. The largest absolute Gasteiger partial charge is 0.481 e. The fourth-order valence-electron chi connectivity index (χ4n) is 2.96. The molecule has 0 fully saturated rings. The number of carboxylic acids is 1. The molecule has 1 aliphatic rings. The summed E-state index contributed by atoms with van der Waals surface area (Å²) in [6, 6.07) is 0. The Morgan fingerprint density at radius 2 is 2.12 bits per heavy atom. The first-order chi connectivity index (χ1) is 12.5. The smallest absolute Gasteiger partial charge is 0.341 e. The summed E-state index contributed by atoms with van der Waals surface area (Å²) in [6.07, 6.45) is 6.57. The lowest BCUT2D eigenvalue weighted by Gasteiger charge is -2.11. The first kappa shape index (κ1) is 18.1. The molecule has 1 amide bonds. The molecule has 0 saturated carbocycles. The van der Waals surface area contributed by atoms with Crippen LogP contribution >= 0.6 is 11.3 Å². The van der Waals surface area contributed by atoms with Gasteiger partial charge in [0.2, 0.25) is 0 Å². The third kappa shape index (κ3) is 3.77. The molecule has 0 unspecified atom stereocenters. The van der Waals surface area contributed by atoms with Crippen LogP contribution in [0.1, 0.15) is 50.4 Å². The van der Waals surface area contributed by atoms with Crippen LogP contribution in [0.5, 0.6) is 0 Å². The second-order valence-electron chi connectivity index (χ2n) is 6.00. The van der Waals surface area contributed by atoms with Crippen LogP contribution in [0.3, 0.4) is 0 Å². The Kier molecular flexibility index (Phi) is 5.36. The van der Waals surface area contributed by atoms with Gasteiger partial charge >= 0.3 is 11.9 Å². The summed E-state index contributed by atoms with van der Waals surface area (Å²) in [7, 11) is 1.33. The lowest BCUT2D eigenvalue weighted by molar-refractivity contribution is -0.137. The summed E-state index contributed by atoms with van der Waals surface area (Å²) in [4.78, 5) is 36.4. The fraction of sp³-hybridized carbons (Fsp3) is 0.412. The number of thiophene rings is 1. The Morgan fingerprint density at radius 3 is 2.85 bits per heavy atom. The predicted octanol–water partition coefficient (Wildman–Crippen LogP) is 2.34. The van der Waals surface area contributed by atoms with E-state index in [0.29, 0.717) is 16.1 Å². The van der Waals surface area contributed by atoms with Crippen LogP contribution in [0.4, 0.5) is 5.00 Å². The number of aromatic nitrogens is 2. The molecule has 2 aromatic rings.